The van der Waals surface area contributed by atoms with Crippen molar-refractivity contribution in [1.29, 1.82) is 0 Å². The fraction of sp³-hybridized carbons (Fsp3) is 0.500. The smallest absolute Gasteiger partial charge is 0.240 e. The second-order valence-electron chi connectivity index (χ2n) is 4.73. The van der Waals surface area contributed by atoms with E-state index in [0.29, 0.717) is 17.9 Å². The summed E-state index contributed by atoms with van der Waals surface area (Å²) in [6.45, 7) is 4.46. The van der Waals surface area contributed by atoms with Crippen molar-refractivity contribution in [1.82, 2.24) is 10.2 Å². The predicted octanol–water partition coefficient (Wildman–Crippen LogP) is 0.182. The van der Waals surface area contributed by atoms with Crippen molar-refractivity contribution >= 4 is 28.9 Å². The van der Waals surface area contributed by atoms with Gasteiger partial charge >= 0.3 is 0 Å². The summed E-state index contributed by atoms with van der Waals surface area (Å²) in [6, 6.07) is -0.357. The number of nitrogens with two attached hydrogens (primary N) is 2. The summed E-state index contributed by atoms with van der Waals surface area (Å²) in [4.78, 5) is 13.6. The van der Waals surface area contributed by atoms with Crippen molar-refractivity contribution < 1.29 is 4.79 Å². The van der Waals surface area contributed by atoms with Crippen LogP contribution in [0, 0.1) is 13.8 Å². The van der Waals surface area contributed by atoms with Crippen LogP contribution in [0.3, 0.4) is 0 Å². The van der Waals surface area contributed by atoms with Gasteiger partial charge in [-0.15, -0.1) is 5.10 Å². The summed E-state index contributed by atoms with van der Waals surface area (Å²) in [5.74, 6) is 0.211. The molecule has 1 atom stereocenters. The zero-order valence-electron chi connectivity index (χ0n) is 11.0. The number of hydrogen-bond donors (Lipinski definition) is 2. The van der Waals surface area contributed by atoms with Crippen molar-refractivity contribution in [2.75, 3.05) is 11.4 Å². The zero-order valence-corrected chi connectivity index (χ0v) is 11.8. The fourth-order valence-corrected chi connectivity index (χ4v) is 2.65. The number of aryl methyl sites for hydroxylation is 1. The van der Waals surface area contributed by atoms with Crippen LogP contribution >= 0.6 is 12.2 Å². The van der Waals surface area contributed by atoms with E-state index in [-0.39, 0.29) is 16.9 Å². The van der Waals surface area contributed by atoms with Crippen LogP contribution in [-0.2, 0) is 4.79 Å². The number of hydrogen-bond acceptors (Lipinski definition) is 5. The van der Waals surface area contributed by atoms with Gasteiger partial charge in [0.25, 0.3) is 0 Å². The minimum absolute atomic E-state index is 0.264. The van der Waals surface area contributed by atoms with Crippen LogP contribution in [0.15, 0.2) is 0 Å². The van der Waals surface area contributed by atoms with Gasteiger partial charge in [-0.1, -0.05) is 12.2 Å². The molecule has 4 N–H and O–H groups in total. The lowest BCUT2D eigenvalue weighted by molar-refractivity contribution is -0.119. The van der Waals surface area contributed by atoms with Gasteiger partial charge in [-0.25, -0.2) is 0 Å². The number of thiocarbonyl (C=S) groups is 1. The van der Waals surface area contributed by atoms with Gasteiger partial charge in [0.1, 0.15) is 11.0 Å². The maximum absolute atomic E-state index is 11.5. The third-order valence-corrected chi connectivity index (χ3v) is 3.74. The molecule has 0 aromatic carbocycles. The minimum atomic E-state index is -0.357. The Morgan fingerprint density at radius 1 is 1.37 bits per heavy atom. The van der Waals surface area contributed by atoms with E-state index in [1.54, 1.807) is 0 Å². The van der Waals surface area contributed by atoms with E-state index in [0.717, 1.165) is 24.1 Å². The largest absolute Gasteiger partial charge is 0.389 e. The fourth-order valence-electron chi connectivity index (χ4n) is 2.41. The molecular weight excluding hydrogens is 262 g/mol. The number of primary amides is 1. The summed E-state index contributed by atoms with van der Waals surface area (Å²) >= 11 is 5.10. The topological polar surface area (TPSA) is 98.1 Å². The van der Waals surface area contributed by atoms with E-state index in [1.807, 2.05) is 18.7 Å². The number of anilines is 1. The van der Waals surface area contributed by atoms with Gasteiger partial charge in [0.15, 0.2) is 5.82 Å². The lowest BCUT2D eigenvalue weighted by Crippen LogP contribution is -2.42. The predicted molar refractivity (Wildman–Crippen MR) is 77.0 cm³/mol. The molecule has 2 heterocycles. The molecule has 1 saturated heterocycles. The highest BCUT2D eigenvalue weighted by atomic mass is 32.1. The highest BCUT2D eigenvalue weighted by Gasteiger charge is 2.32. The molecule has 0 spiro atoms. The summed E-state index contributed by atoms with van der Waals surface area (Å²) in [5, 5.41) is 8.28. The molecule has 1 aromatic heterocycles. The first-order valence-corrected chi connectivity index (χ1v) is 6.54. The standard InChI is InChI=1S/C12H17N5OS/c1-6-7(2)15-16-12(9(6)11(14)19)17-5-3-4-8(17)10(13)18/h8H,3-5H2,1-2H3,(H2,13,18)(H2,14,19). The van der Waals surface area contributed by atoms with Crippen LogP contribution in [0.5, 0.6) is 0 Å². The van der Waals surface area contributed by atoms with Crippen LogP contribution in [-0.4, -0.2) is 33.7 Å². The molecule has 1 unspecified atom stereocenters. The van der Waals surface area contributed by atoms with Gasteiger partial charge in [-0.3, -0.25) is 4.79 Å². The summed E-state index contributed by atoms with van der Waals surface area (Å²) in [6.07, 6.45) is 1.61. The van der Waals surface area contributed by atoms with Gasteiger partial charge < -0.3 is 16.4 Å². The molecule has 0 aliphatic carbocycles. The van der Waals surface area contributed by atoms with E-state index >= 15 is 0 Å². The number of aromatic nitrogens is 2. The lowest BCUT2D eigenvalue weighted by atomic mass is 10.1. The van der Waals surface area contributed by atoms with Crippen molar-refractivity contribution in [2.45, 2.75) is 32.7 Å². The molecule has 2 rings (SSSR count). The molecule has 19 heavy (non-hydrogen) atoms. The summed E-state index contributed by atoms with van der Waals surface area (Å²) in [5.41, 5.74) is 13.6. The molecule has 102 valence electrons. The first-order chi connectivity index (χ1) is 8.93. The molecule has 6 nitrogen and oxygen atoms in total. The highest BCUT2D eigenvalue weighted by molar-refractivity contribution is 7.80. The number of amides is 1. The van der Waals surface area contributed by atoms with Gasteiger partial charge in [0.2, 0.25) is 5.91 Å². The first-order valence-electron chi connectivity index (χ1n) is 6.13. The Labute approximate surface area is 117 Å². The quantitative estimate of drug-likeness (QED) is 0.766. The van der Waals surface area contributed by atoms with Crippen LogP contribution in [0.4, 0.5) is 5.82 Å². The highest BCUT2D eigenvalue weighted by Crippen LogP contribution is 2.28. The van der Waals surface area contributed by atoms with Crippen molar-refractivity contribution in [3.8, 4) is 0 Å². The Balaban J connectivity index is 2.53. The molecular formula is C12H17N5OS. The lowest BCUT2D eigenvalue weighted by Gasteiger charge is -2.25. The summed E-state index contributed by atoms with van der Waals surface area (Å²) in [7, 11) is 0. The average Bonchev–Trinajstić information content (AvgIpc) is 2.80. The maximum atomic E-state index is 11.5. The molecule has 1 fully saturated rings. The Bertz CT molecular complexity index is 545. The van der Waals surface area contributed by atoms with Gasteiger partial charge in [-0.2, -0.15) is 5.10 Å². The molecule has 1 aliphatic rings. The van der Waals surface area contributed by atoms with Crippen molar-refractivity contribution in [2.24, 2.45) is 11.5 Å². The van der Waals surface area contributed by atoms with E-state index in [4.69, 9.17) is 23.7 Å². The van der Waals surface area contributed by atoms with Crippen LogP contribution in [0.25, 0.3) is 0 Å². The first kappa shape index (κ1) is 13.7. The molecule has 0 bridgehead atoms. The Morgan fingerprint density at radius 3 is 2.63 bits per heavy atom. The Kier molecular flexibility index (Phi) is 3.66. The second kappa shape index (κ2) is 5.08. The number of carbonyl (C=O) groups is 1. The molecule has 1 amide bonds. The number of carbonyl (C=O) groups excluding carboxylic acids is 1. The van der Waals surface area contributed by atoms with E-state index in [2.05, 4.69) is 10.2 Å². The SMILES string of the molecule is Cc1nnc(N2CCCC2C(N)=O)c(C(N)=S)c1C. The summed E-state index contributed by atoms with van der Waals surface area (Å²) < 4.78 is 0. The molecule has 0 saturated carbocycles. The number of rotatable bonds is 3. The third-order valence-electron chi connectivity index (χ3n) is 3.54. The molecule has 7 heteroatoms. The Hall–Kier alpha value is -1.76. The monoisotopic (exact) mass is 279 g/mol. The maximum Gasteiger partial charge on any atom is 0.240 e. The van der Waals surface area contributed by atoms with Crippen LogP contribution in [0.1, 0.15) is 29.7 Å². The van der Waals surface area contributed by atoms with Gasteiger partial charge in [-0.05, 0) is 32.3 Å². The molecule has 0 radical (unpaired) electrons. The van der Waals surface area contributed by atoms with Crippen LogP contribution in [0.2, 0.25) is 0 Å². The molecule has 1 aliphatic heterocycles. The minimum Gasteiger partial charge on any atom is -0.389 e. The average molecular weight is 279 g/mol. The Morgan fingerprint density at radius 2 is 2.05 bits per heavy atom. The normalized spacial score (nSPS) is 18.6. The van der Waals surface area contributed by atoms with Crippen molar-refractivity contribution in [3.05, 3.63) is 16.8 Å². The second-order valence-corrected chi connectivity index (χ2v) is 5.17. The number of nitrogens with zero attached hydrogens (tertiary/aromatic N) is 3. The van der Waals surface area contributed by atoms with E-state index < -0.39 is 0 Å². The van der Waals surface area contributed by atoms with Gasteiger partial charge in [0.05, 0.1) is 11.3 Å². The zero-order chi connectivity index (χ0) is 14.2. The molecule has 1 aromatic rings. The van der Waals surface area contributed by atoms with E-state index in [1.165, 1.54) is 0 Å². The van der Waals surface area contributed by atoms with E-state index in [9.17, 15) is 4.79 Å². The van der Waals surface area contributed by atoms with Gasteiger partial charge in [0, 0.05) is 6.54 Å². The third kappa shape index (κ3) is 2.37. The van der Waals surface area contributed by atoms with Crippen LogP contribution < -0.4 is 16.4 Å². The van der Waals surface area contributed by atoms with Crippen molar-refractivity contribution in [3.63, 3.8) is 0 Å².